The molecular weight excluding hydrogens is 342 g/mol. The van der Waals surface area contributed by atoms with E-state index < -0.39 is 11.5 Å². The highest BCUT2D eigenvalue weighted by molar-refractivity contribution is 9.10. The van der Waals surface area contributed by atoms with Crippen LogP contribution in [-0.4, -0.2) is 28.3 Å². The van der Waals surface area contributed by atoms with E-state index in [1.807, 2.05) is 24.3 Å². The second-order valence-corrected chi connectivity index (χ2v) is 6.93. The van der Waals surface area contributed by atoms with Gasteiger partial charge in [-0.05, 0) is 49.3 Å². The van der Waals surface area contributed by atoms with Gasteiger partial charge in [0.15, 0.2) is 0 Å². The van der Waals surface area contributed by atoms with Crippen LogP contribution in [0.2, 0.25) is 0 Å². The summed E-state index contributed by atoms with van der Waals surface area (Å²) in [5, 5.41) is 11.6. The van der Waals surface area contributed by atoms with E-state index in [-0.39, 0.29) is 5.91 Å². The van der Waals surface area contributed by atoms with Crippen molar-refractivity contribution in [3.8, 4) is 0 Å². The summed E-state index contributed by atoms with van der Waals surface area (Å²) in [6.45, 7) is 0. The first kappa shape index (κ1) is 15.4. The molecule has 1 amide bonds. The molecule has 1 aromatic carbocycles. The molecule has 108 valence electrons. The molecule has 4 nitrogen and oxygen atoms in total. The van der Waals surface area contributed by atoms with E-state index in [2.05, 4.69) is 21.2 Å². The summed E-state index contributed by atoms with van der Waals surface area (Å²) in [4.78, 5) is 23.8. The average molecular weight is 358 g/mol. The Morgan fingerprint density at radius 2 is 1.95 bits per heavy atom. The zero-order valence-corrected chi connectivity index (χ0v) is 13.3. The van der Waals surface area contributed by atoms with Gasteiger partial charge in [0.2, 0.25) is 5.91 Å². The molecule has 0 unspecified atom stereocenters. The normalized spacial score (nSPS) is 15.7. The molecule has 1 saturated carbocycles. The lowest BCUT2D eigenvalue weighted by atomic mass is 10.2. The van der Waals surface area contributed by atoms with Crippen molar-refractivity contribution in [2.75, 3.05) is 5.75 Å². The highest BCUT2D eigenvalue weighted by Gasteiger charge is 2.51. The topological polar surface area (TPSA) is 66.4 Å². The number of carboxylic acids is 1. The van der Waals surface area contributed by atoms with E-state index in [0.29, 0.717) is 19.3 Å². The van der Waals surface area contributed by atoms with E-state index in [1.165, 1.54) is 0 Å². The second kappa shape index (κ2) is 6.63. The predicted molar refractivity (Wildman–Crippen MR) is 81.8 cm³/mol. The van der Waals surface area contributed by atoms with Crippen LogP contribution in [0.4, 0.5) is 0 Å². The summed E-state index contributed by atoms with van der Waals surface area (Å²) in [6, 6.07) is 8.02. The van der Waals surface area contributed by atoms with Crippen molar-refractivity contribution in [1.82, 2.24) is 5.32 Å². The largest absolute Gasteiger partial charge is 0.480 e. The van der Waals surface area contributed by atoms with E-state index in [1.54, 1.807) is 11.8 Å². The Bertz CT molecular complexity index is 500. The Morgan fingerprint density at radius 3 is 2.50 bits per heavy atom. The number of amides is 1. The smallest absolute Gasteiger partial charge is 0.329 e. The lowest BCUT2D eigenvalue weighted by Crippen LogP contribution is -2.42. The van der Waals surface area contributed by atoms with Crippen LogP contribution in [-0.2, 0) is 9.59 Å². The maximum atomic E-state index is 11.7. The number of rotatable bonds is 7. The molecule has 1 fully saturated rings. The number of hydrogen-bond donors (Lipinski definition) is 2. The number of hydrogen-bond acceptors (Lipinski definition) is 3. The van der Waals surface area contributed by atoms with Gasteiger partial charge in [0.1, 0.15) is 5.54 Å². The number of carbonyl (C=O) groups is 2. The van der Waals surface area contributed by atoms with Crippen LogP contribution in [0.1, 0.15) is 25.7 Å². The van der Waals surface area contributed by atoms with Crippen LogP contribution in [0.15, 0.2) is 33.6 Å². The molecule has 1 aliphatic rings. The standard InChI is InChI=1S/C14H16BrNO3S/c15-10-3-5-11(6-4-10)20-9-1-2-12(17)16-14(7-8-14)13(18)19/h3-6H,1-2,7-9H2,(H,16,17)(H,18,19). The Balaban J connectivity index is 1.65. The Labute approximate surface area is 130 Å². The molecule has 0 aliphatic heterocycles. The third-order valence-electron chi connectivity index (χ3n) is 3.17. The SMILES string of the molecule is O=C(CCCSc1ccc(Br)cc1)NC1(C(=O)O)CC1. The molecule has 6 heteroatoms. The Kier molecular flexibility index (Phi) is 5.10. The van der Waals surface area contributed by atoms with Crippen LogP contribution in [0.5, 0.6) is 0 Å². The Morgan fingerprint density at radius 1 is 1.30 bits per heavy atom. The lowest BCUT2D eigenvalue weighted by Gasteiger charge is -2.12. The van der Waals surface area contributed by atoms with Gasteiger partial charge in [0.25, 0.3) is 0 Å². The molecule has 0 bridgehead atoms. The predicted octanol–water partition coefficient (Wildman–Crippen LogP) is 3.05. The quantitative estimate of drug-likeness (QED) is 0.581. The van der Waals surface area contributed by atoms with Gasteiger partial charge >= 0.3 is 5.97 Å². The molecular formula is C14H16BrNO3S. The van der Waals surface area contributed by atoms with Crippen molar-refractivity contribution < 1.29 is 14.7 Å². The maximum Gasteiger partial charge on any atom is 0.329 e. The number of carboxylic acid groups (broad SMARTS) is 1. The van der Waals surface area contributed by atoms with E-state index in [0.717, 1.165) is 21.5 Å². The van der Waals surface area contributed by atoms with Crippen LogP contribution in [0.25, 0.3) is 0 Å². The van der Waals surface area contributed by atoms with Gasteiger partial charge in [-0.2, -0.15) is 0 Å². The molecule has 0 atom stereocenters. The van der Waals surface area contributed by atoms with Gasteiger partial charge in [-0.25, -0.2) is 4.79 Å². The van der Waals surface area contributed by atoms with Crippen molar-refractivity contribution in [2.45, 2.75) is 36.1 Å². The summed E-state index contributed by atoms with van der Waals surface area (Å²) >= 11 is 5.08. The molecule has 0 spiro atoms. The van der Waals surface area contributed by atoms with E-state index in [9.17, 15) is 9.59 Å². The molecule has 0 radical (unpaired) electrons. The number of halogens is 1. The van der Waals surface area contributed by atoms with Gasteiger partial charge in [0.05, 0.1) is 0 Å². The van der Waals surface area contributed by atoms with Gasteiger partial charge in [-0.1, -0.05) is 15.9 Å². The van der Waals surface area contributed by atoms with Crippen LogP contribution < -0.4 is 5.32 Å². The first-order valence-electron chi connectivity index (χ1n) is 6.45. The van der Waals surface area contributed by atoms with Crippen molar-refractivity contribution in [3.05, 3.63) is 28.7 Å². The van der Waals surface area contributed by atoms with Crippen molar-refractivity contribution in [3.63, 3.8) is 0 Å². The van der Waals surface area contributed by atoms with E-state index >= 15 is 0 Å². The highest BCUT2D eigenvalue weighted by Crippen LogP contribution is 2.35. The number of aliphatic carboxylic acids is 1. The summed E-state index contributed by atoms with van der Waals surface area (Å²) in [6.07, 6.45) is 2.20. The Hall–Kier alpha value is -1.01. The third-order valence-corrected chi connectivity index (χ3v) is 4.80. The van der Waals surface area contributed by atoms with Crippen molar-refractivity contribution in [2.24, 2.45) is 0 Å². The minimum absolute atomic E-state index is 0.165. The third kappa shape index (κ3) is 4.24. The molecule has 0 heterocycles. The first-order valence-corrected chi connectivity index (χ1v) is 8.22. The fourth-order valence-electron chi connectivity index (χ4n) is 1.80. The van der Waals surface area contributed by atoms with Crippen molar-refractivity contribution in [1.29, 1.82) is 0 Å². The molecule has 1 aliphatic carbocycles. The monoisotopic (exact) mass is 357 g/mol. The van der Waals surface area contributed by atoms with Gasteiger partial charge in [0, 0.05) is 15.8 Å². The van der Waals surface area contributed by atoms with Crippen LogP contribution in [0, 0.1) is 0 Å². The summed E-state index contributed by atoms with van der Waals surface area (Å²) in [5.41, 5.74) is -0.962. The summed E-state index contributed by atoms with van der Waals surface area (Å²) in [7, 11) is 0. The number of benzene rings is 1. The molecule has 1 aromatic rings. The summed E-state index contributed by atoms with van der Waals surface area (Å²) < 4.78 is 1.05. The number of thioether (sulfide) groups is 1. The molecule has 20 heavy (non-hydrogen) atoms. The van der Waals surface area contributed by atoms with E-state index in [4.69, 9.17) is 5.11 Å². The fraction of sp³-hybridized carbons (Fsp3) is 0.429. The first-order chi connectivity index (χ1) is 9.52. The van der Waals surface area contributed by atoms with Crippen LogP contribution >= 0.6 is 27.7 Å². The van der Waals surface area contributed by atoms with Gasteiger partial charge < -0.3 is 10.4 Å². The lowest BCUT2D eigenvalue weighted by molar-refractivity contribution is -0.143. The van der Waals surface area contributed by atoms with Gasteiger partial charge in [-0.15, -0.1) is 11.8 Å². The molecule has 0 aromatic heterocycles. The highest BCUT2D eigenvalue weighted by atomic mass is 79.9. The number of nitrogens with one attached hydrogen (secondary N) is 1. The van der Waals surface area contributed by atoms with Crippen molar-refractivity contribution >= 4 is 39.6 Å². The molecule has 0 saturated heterocycles. The second-order valence-electron chi connectivity index (χ2n) is 4.84. The number of carbonyl (C=O) groups excluding carboxylic acids is 1. The minimum Gasteiger partial charge on any atom is -0.480 e. The summed E-state index contributed by atoms with van der Waals surface area (Å²) in [5.74, 6) is -0.244. The van der Waals surface area contributed by atoms with Crippen LogP contribution in [0.3, 0.4) is 0 Å². The average Bonchev–Trinajstić information content (AvgIpc) is 3.18. The molecule has 2 rings (SSSR count). The fourth-order valence-corrected chi connectivity index (χ4v) is 2.92. The van der Waals surface area contributed by atoms with Gasteiger partial charge in [-0.3, -0.25) is 4.79 Å². The maximum absolute atomic E-state index is 11.7. The minimum atomic E-state index is -0.962. The zero-order chi connectivity index (χ0) is 14.6. The molecule has 2 N–H and O–H groups in total. The zero-order valence-electron chi connectivity index (χ0n) is 10.9.